The number of ether oxygens (including phenoxy) is 1. The van der Waals surface area contributed by atoms with Gasteiger partial charge in [0.2, 0.25) is 5.91 Å². The van der Waals surface area contributed by atoms with Crippen LogP contribution in [0.4, 0.5) is 4.79 Å². The first-order valence-corrected chi connectivity index (χ1v) is 8.31. The average molecular weight is 357 g/mol. The van der Waals surface area contributed by atoms with Crippen LogP contribution < -0.4 is 16.2 Å². The van der Waals surface area contributed by atoms with Gasteiger partial charge < -0.3 is 20.4 Å². The molecule has 2 rings (SSSR count). The fourth-order valence-electron chi connectivity index (χ4n) is 2.44. The van der Waals surface area contributed by atoms with Gasteiger partial charge in [-0.05, 0) is 38.0 Å². The predicted molar refractivity (Wildman–Crippen MR) is 97.6 cm³/mol. The van der Waals surface area contributed by atoms with Gasteiger partial charge in [-0.2, -0.15) is 0 Å². The van der Waals surface area contributed by atoms with Gasteiger partial charge in [0.25, 0.3) is 5.56 Å². The minimum Gasteiger partial charge on any atom is -0.445 e. The molecule has 138 valence electrons. The summed E-state index contributed by atoms with van der Waals surface area (Å²) in [6, 6.07) is 10.3. The van der Waals surface area contributed by atoms with Crippen LogP contribution in [0.25, 0.3) is 0 Å². The maximum Gasteiger partial charge on any atom is 0.408 e. The second kappa shape index (κ2) is 8.84. The molecule has 0 saturated carbocycles. The smallest absolute Gasteiger partial charge is 0.408 e. The second-order valence-electron chi connectivity index (χ2n) is 6.09. The highest BCUT2D eigenvalue weighted by Crippen LogP contribution is 2.03. The van der Waals surface area contributed by atoms with Crippen molar-refractivity contribution in [1.82, 2.24) is 15.6 Å². The highest BCUT2D eigenvalue weighted by Gasteiger charge is 2.17. The van der Waals surface area contributed by atoms with Crippen molar-refractivity contribution in [2.24, 2.45) is 0 Å². The third kappa shape index (κ3) is 5.47. The lowest BCUT2D eigenvalue weighted by Crippen LogP contribution is -2.45. The number of hydrogen-bond acceptors (Lipinski definition) is 4. The fourth-order valence-corrected chi connectivity index (χ4v) is 2.44. The number of pyridine rings is 1. The molecule has 7 nitrogen and oxygen atoms in total. The van der Waals surface area contributed by atoms with Gasteiger partial charge in [0, 0.05) is 17.8 Å². The number of aryl methyl sites for hydroxylation is 2. The molecule has 1 atom stereocenters. The molecule has 7 heteroatoms. The number of alkyl carbamates (subject to hydrolysis) is 1. The van der Waals surface area contributed by atoms with Crippen LogP contribution in [0.1, 0.15) is 29.3 Å². The molecule has 0 aliphatic heterocycles. The molecular formula is C19H23N3O4. The van der Waals surface area contributed by atoms with Gasteiger partial charge in [0.05, 0.1) is 0 Å². The van der Waals surface area contributed by atoms with Crippen LogP contribution in [0.15, 0.2) is 41.2 Å². The Morgan fingerprint density at radius 3 is 2.54 bits per heavy atom. The molecule has 3 N–H and O–H groups in total. The molecule has 0 saturated heterocycles. The average Bonchev–Trinajstić information content (AvgIpc) is 2.59. The van der Waals surface area contributed by atoms with Gasteiger partial charge in [0.15, 0.2) is 0 Å². The minimum absolute atomic E-state index is 0.0887. The van der Waals surface area contributed by atoms with E-state index in [9.17, 15) is 14.4 Å². The Bertz CT molecular complexity index is 830. The van der Waals surface area contributed by atoms with Crippen molar-refractivity contribution >= 4 is 12.0 Å². The fraction of sp³-hybridized carbons (Fsp3) is 0.316. The zero-order valence-electron chi connectivity index (χ0n) is 15.1. The summed E-state index contributed by atoms with van der Waals surface area (Å²) in [5.74, 6) is -0.402. The lowest BCUT2D eigenvalue weighted by atomic mass is 10.1. The molecule has 1 heterocycles. The number of benzene rings is 1. The number of aromatic nitrogens is 1. The van der Waals surface area contributed by atoms with E-state index in [4.69, 9.17) is 4.74 Å². The van der Waals surface area contributed by atoms with E-state index in [1.807, 2.05) is 43.3 Å². The van der Waals surface area contributed by atoms with Crippen LogP contribution in [0.2, 0.25) is 0 Å². The molecule has 0 spiro atoms. The van der Waals surface area contributed by atoms with Crippen LogP contribution in [0, 0.1) is 13.8 Å². The molecule has 0 bridgehead atoms. The van der Waals surface area contributed by atoms with Crippen LogP contribution in [-0.2, 0) is 22.7 Å². The van der Waals surface area contributed by atoms with Crippen LogP contribution in [0.5, 0.6) is 0 Å². The van der Waals surface area contributed by atoms with Gasteiger partial charge in [-0.15, -0.1) is 0 Å². The second-order valence-corrected chi connectivity index (χ2v) is 6.09. The van der Waals surface area contributed by atoms with E-state index in [0.717, 1.165) is 16.8 Å². The van der Waals surface area contributed by atoms with Crippen LogP contribution >= 0.6 is 0 Å². The van der Waals surface area contributed by atoms with Crippen LogP contribution in [-0.4, -0.2) is 23.0 Å². The van der Waals surface area contributed by atoms with Gasteiger partial charge in [-0.25, -0.2) is 4.79 Å². The Balaban J connectivity index is 1.82. The molecule has 2 amide bonds. The minimum atomic E-state index is -0.789. The first kappa shape index (κ1) is 19.2. The molecule has 0 radical (unpaired) electrons. The number of rotatable bonds is 6. The number of carbonyl (C=O) groups is 2. The monoisotopic (exact) mass is 357 g/mol. The molecule has 0 aliphatic carbocycles. The summed E-state index contributed by atoms with van der Waals surface area (Å²) in [5.41, 5.74) is 2.68. The number of H-pyrrole nitrogens is 1. The predicted octanol–water partition coefficient (Wildman–Crippen LogP) is 1.92. The Morgan fingerprint density at radius 1 is 1.19 bits per heavy atom. The number of aromatic amines is 1. The van der Waals surface area contributed by atoms with E-state index in [1.54, 1.807) is 13.8 Å². The van der Waals surface area contributed by atoms with Crippen molar-refractivity contribution in [2.75, 3.05) is 0 Å². The first-order chi connectivity index (χ1) is 12.4. The third-order valence-corrected chi connectivity index (χ3v) is 3.87. The molecule has 1 unspecified atom stereocenters. The van der Waals surface area contributed by atoms with E-state index in [-0.39, 0.29) is 18.7 Å². The van der Waals surface area contributed by atoms with E-state index < -0.39 is 18.0 Å². The quantitative estimate of drug-likeness (QED) is 0.735. The maximum absolute atomic E-state index is 12.1. The topological polar surface area (TPSA) is 100 Å². The number of carbonyl (C=O) groups excluding carboxylic acids is 2. The Morgan fingerprint density at radius 2 is 1.88 bits per heavy atom. The number of amides is 2. The summed E-state index contributed by atoms with van der Waals surface area (Å²) >= 11 is 0. The van der Waals surface area contributed by atoms with Crippen molar-refractivity contribution < 1.29 is 14.3 Å². The van der Waals surface area contributed by atoms with Crippen LogP contribution in [0.3, 0.4) is 0 Å². The Labute approximate surface area is 151 Å². The Hall–Kier alpha value is -3.09. The molecule has 1 aromatic heterocycles. The van der Waals surface area contributed by atoms with E-state index in [0.29, 0.717) is 5.56 Å². The highest BCUT2D eigenvalue weighted by atomic mass is 16.5. The van der Waals surface area contributed by atoms with Crippen molar-refractivity contribution in [3.8, 4) is 0 Å². The van der Waals surface area contributed by atoms with Crippen molar-refractivity contribution in [3.63, 3.8) is 0 Å². The summed E-state index contributed by atoms with van der Waals surface area (Å²) in [7, 11) is 0. The van der Waals surface area contributed by atoms with Crippen molar-refractivity contribution in [3.05, 3.63) is 69.1 Å². The third-order valence-electron chi connectivity index (χ3n) is 3.87. The van der Waals surface area contributed by atoms with Crippen molar-refractivity contribution in [1.29, 1.82) is 0 Å². The number of nitrogens with one attached hydrogen (secondary N) is 3. The van der Waals surface area contributed by atoms with Crippen molar-refractivity contribution in [2.45, 2.75) is 40.0 Å². The maximum atomic E-state index is 12.1. The lowest BCUT2D eigenvalue weighted by Gasteiger charge is -2.15. The van der Waals surface area contributed by atoms with E-state index in [2.05, 4.69) is 15.6 Å². The van der Waals surface area contributed by atoms with Gasteiger partial charge in [0.1, 0.15) is 12.6 Å². The van der Waals surface area contributed by atoms with E-state index in [1.165, 1.54) is 0 Å². The standard InChI is InChI=1S/C19H23N3O4/c1-12-9-13(2)21-18(24)16(12)10-20-17(23)14(3)22-19(25)26-11-15-7-5-4-6-8-15/h4-9,14H,10-11H2,1-3H3,(H,20,23)(H,21,24)(H,22,25). The zero-order chi connectivity index (χ0) is 19.1. The van der Waals surface area contributed by atoms with Gasteiger partial charge in [-0.1, -0.05) is 30.3 Å². The largest absolute Gasteiger partial charge is 0.445 e. The molecule has 2 aromatic rings. The summed E-state index contributed by atoms with van der Waals surface area (Å²) in [6.45, 7) is 5.37. The van der Waals surface area contributed by atoms with Gasteiger partial charge >= 0.3 is 6.09 Å². The van der Waals surface area contributed by atoms with E-state index >= 15 is 0 Å². The zero-order valence-corrected chi connectivity index (χ0v) is 15.1. The summed E-state index contributed by atoms with van der Waals surface area (Å²) in [6.07, 6.45) is -0.680. The normalized spacial score (nSPS) is 11.5. The first-order valence-electron chi connectivity index (χ1n) is 8.31. The molecule has 0 aliphatic rings. The molecular weight excluding hydrogens is 334 g/mol. The molecule has 1 aromatic carbocycles. The summed E-state index contributed by atoms with van der Waals surface area (Å²) in [5, 5.41) is 5.12. The highest BCUT2D eigenvalue weighted by molar-refractivity contribution is 5.85. The summed E-state index contributed by atoms with van der Waals surface area (Å²) in [4.78, 5) is 38.5. The number of hydrogen-bond donors (Lipinski definition) is 3. The molecule has 26 heavy (non-hydrogen) atoms. The Kier molecular flexibility index (Phi) is 6.54. The SMILES string of the molecule is Cc1cc(C)c(CNC(=O)C(C)NC(=O)OCc2ccccc2)c(=O)[nH]1. The molecule has 0 fully saturated rings. The summed E-state index contributed by atoms with van der Waals surface area (Å²) < 4.78 is 5.08. The van der Waals surface area contributed by atoms with Gasteiger partial charge in [-0.3, -0.25) is 9.59 Å². The lowest BCUT2D eigenvalue weighted by molar-refractivity contribution is -0.122.